The Kier molecular flexibility index (Phi) is 3.90. The van der Waals surface area contributed by atoms with Gasteiger partial charge in [-0.1, -0.05) is 12.1 Å². The first-order valence-corrected chi connectivity index (χ1v) is 5.98. The van der Waals surface area contributed by atoms with Gasteiger partial charge in [0.1, 0.15) is 5.82 Å². The van der Waals surface area contributed by atoms with E-state index in [2.05, 4.69) is 0 Å². The van der Waals surface area contributed by atoms with Crippen molar-refractivity contribution < 1.29 is 9.18 Å². The van der Waals surface area contributed by atoms with Crippen LogP contribution in [-0.2, 0) is 17.8 Å². The van der Waals surface area contributed by atoms with Gasteiger partial charge in [-0.3, -0.25) is 9.59 Å². The van der Waals surface area contributed by atoms with Crippen LogP contribution >= 0.6 is 0 Å². The molecule has 1 aromatic carbocycles. The number of halogens is 1. The number of aromatic nitrogens is 1. The van der Waals surface area contributed by atoms with E-state index in [1.807, 2.05) is 6.92 Å². The Morgan fingerprint density at radius 1 is 1.21 bits per heavy atom. The standard InChI is InChI=1S/C15H14FNO2/c1-11-6-7-17(15(19)8-11)10-14(18)9-12-2-4-13(16)5-3-12/h2-8H,9-10H2,1H3. The summed E-state index contributed by atoms with van der Waals surface area (Å²) in [5.74, 6) is -0.413. The summed E-state index contributed by atoms with van der Waals surface area (Å²) in [5, 5.41) is 0. The molecule has 0 unspecified atom stereocenters. The normalized spacial score (nSPS) is 10.4. The number of pyridine rings is 1. The topological polar surface area (TPSA) is 39.1 Å². The van der Waals surface area contributed by atoms with Crippen molar-refractivity contribution in [1.29, 1.82) is 0 Å². The molecule has 0 aliphatic carbocycles. The fourth-order valence-corrected chi connectivity index (χ4v) is 1.81. The summed E-state index contributed by atoms with van der Waals surface area (Å²) in [4.78, 5) is 23.5. The van der Waals surface area contributed by atoms with Crippen LogP contribution in [0.15, 0.2) is 47.4 Å². The molecule has 0 saturated carbocycles. The average molecular weight is 259 g/mol. The van der Waals surface area contributed by atoms with Crippen LogP contribution in [0.25, 0.3) is 0 Å². The van der Waals surface area contributed by atoms with E-state index in [9.17, 15) is 14.0 Å². The molecule has 0 spiro atoms. The van der Waals surface area contributed by atoms with Crippen molar-refractivity contribution in [2.45, 2.75) is 19.9 Å². The van der Waals surface area contributed by atoms with Crippen LogP contribution in [-0.4, -0.2) is 10.4 Å². The Morgan fingerprint density at radius 3 is 2.53 bits per heavy atom. The Labute approximate surface area is 110 Å². The van der Waals surface area contributed by atoms with Gasteiger partial charge >= 0.3 is 0 Å². The fourth-order valence-electron chi connectivity index (χ4n) is 1.81. The highest BCUT2D eigenvalue weighted by atomic mass is 19.1. The molecule has 0 aliphatic heterocycles. The fraction of sp³-hybridized carbons (Fsp3) is 0.200. The van der Waals surface area contributed by atoms with Gasteiger partial charge in [0, 0.05) is 18.7 Å². The van der Waals surface area contributed by atoms with E-state index in [-0.39, 0.29) is 30.1 Å². The van der Waals surface area contributed by atoms with Crippen LogP contribution in [0.4, 0.5) is 4.39 Å². The van der Waals surface area contributed by atoms with E-state index < -0.39 is 0 Å². The lowest BCUT2D eigenvalue weighted by molar-refractivity contribution is -0.119. The van der Waals surface area contributed by atoms with Crippen LogP contribution in [0.5, 0.6) is 0 Å². The Hall–Kier alpha value is -2.23. The molecule has 3 nitrogen and oxygen atoms in total. The highest BCUT2D eigenvalue weighted by Gasteiger charge is 2.06. The van der Waals surface area contributed by atoms with Crippen LogP contribution in [0.3, 0.4) is 0 Å². The van der Waals surface area contributed by atoms with E-state index >= 15 is 0 Å². The minimum absolute atomic E-state index is 0.0382. The van der Waals surface area contributed by atoms with Gasteiger partial charge in [0.15, 0.2) is 5.78 Å². The molecular weight excluding hydrogens is 245 g/mol. The molecule has 0 aliphatic rings. The van der Waals surface area contributed by atoms with Gasteiger partial charge in [0.25, 0.3) is 5.56 Å². The number of nitrogens with zero attached hydrogens (tertiary/aromatic N) is 1. The zero-order chi connectivity index (χ0) is 13.8. The van der Waals surface area contributed by atoms with Gasteiger partial charge < -0.3 is 4.57 Å². The summed E-state index contributed by atoms with van der Waals surface area (Å²) in [6.07, 6.45) is 1.81. The highest BCUT2D eigenvalue weighted by Crippen LogP contribution is 2.04. The predicted octanol–water partition coefficient (Wildman–Crippen LogP) is 2.11. The lowest BCUT2D eigenvalue weighted by Gasteiger charge is -2.05. The molecule has 2 aromatic rings. The summed E-state index contributed by atoms with van der Waals surface area (Å²) in [7, 11) is 0. The number of ketones is 1. The van der Waals surface area contributed by atoms with E-state index in [4.69, 9.17) is 0 Å². The number of benzene rings is 1. The summed E-state index contributed by atoms with van der Waals surface area (Å²) in [5.41, 5.74) is 1.42. The van der Waals surface area contributed by atoms with Gasteiger partial charge in [-0.25, -0.2) is 4.39 Å². The Balaban J connectivity index is 2.05. The van der Waals surface area contributed by atoms with Crippen molar-refractivity contribution in [1.82, 2.24) is 4.57 Å². The lowest BCUT2D eigenvalue weighted by atomic mass is 10.1. The molecule has 0 atom stereocenters. The zero-order valence-corrected chi connectivity index (χ0v) is 10.6. The second kappa shape index (κ2) is 5.61. The number of rotatable bonds is 4. The summed E-state index contributed by atoms with van der Waals surface area (Å²) >= 11 is 0. The smallest absolute Gasteiger partial charge is 0.251 e. The first kappa shape index (κ1) is 13.2. The molecule has 4 heteroatoms. The monoisotopic (exact) mass is 259 g/mol. The van der Waals surface area contributed by atoms with Crippen molar-refractivity contribution in [2.24, 2.45) is 0 Å². The van der Waals surface area contributed by atoms with Crippen molar-refractivity contribution in [3.63, 3.8) is 0 Å². The van der Waals surface area contributed by atoms with Crippen LogP contribution in [0.1, 0.15) is 11.1 Å². The average Bonchev–Trinajstić information content (AvgIpc) is 2.36. The molecule has 1 heterocycles. The molecule has 0 radical (unpaired) electrons. The largest absolute Gasteiger partial charge is 0.308 e. The second-order valence-corrected chi connectivity index (χ2v) is 4.51. The van der Waals surface area contributed by atoms with Gasteiger partial charge in [-0.05, 0) is 36.2 Å². The third-order valence-corrected chi connectivity index (χ3v) is 2.81. The lowest BCUT2D eigenvalue weighted by Crippen LogP contribution is -2.24. The molecule has 0 amide bonds. The zero-order valence-electron chi connectivity index (χ0n) is 10.6. The quantitative estimate of drug-likeness (QED) is 0.843. The van der Waals surface area contributed by atoms with Crippen molar-refractivity contribution in [2.75, 3.05) is 0 Å². The molecule has 0 fully saturated rings. The number of aryl methyl sites for hydroxylation is 1. The van der Waals surface area contributed by atoms with Gasteiger partial charge in [-0.15, -0.1) is 0 Å². The van der Waals surface area contributed by atoms with Crippen LogP contribution in [0.2, 0.25) is 0 Å². The van der Waals surface area contributed by atoms with Crippen LogP contribution < -0.4 is 5.56 Å². The van der Waals surface area contributed by atoms with E-state index in [1.165, 1.54) is 22.8 Å². The molecular formula is C15H14FNO2. The molecule has 98 valence electrons. The molecule has 19 heavy (non-hydrogen) atoms. The van der Waals surface area contributed by atoms with Gasteiger partial charge in [-0.2, -0.15) is 0 Å². The number of Topliss-reactive ketones (excluding diaryl/α,β-unsaturated/α-hetero) is 1. The molecule has 0 N–H and O–H groups in total. The van der Waals surface area contributed by atoms with E-state index in [0.29, 0.717) is 0 Å². The molecule has 0 saturated heterocycles. The second-order valence-electron chi connectivity index (χ2n) is 4.51. The van der Waals surface area contributed by atoms with E-state index in [1.54, 1.807) is 24.4 Å². The van der Waals surface area contributed by atoms with Crippen LogP contribution in [0, 0.1) is 12.7 Å². The first-order valence-electron chi connectivity index (χ1n) is 5.98. The third kappa shape index (κ3) is 3.61. The van der Waals surface area contributed by atoms with Crippen molar-refractivity contribution in [3.8, 4) is 0 Å². The SMILES string of the molecule is Cc1ccn(CC(=O)Cc2ccc(F)cc2)c(=O)c1. The summed E-state index contributed by atoms with van der Waals surface area (Å²) in [6, 6.07) is 9.06. The molecule has 2 rings (SSSR count). The maximum atomic E-state index is 12.7. The third-order valence-electron chi connectivity index (χ3n) is 2.81. The number of hydrogen-bond acceptors (Lipinski definition) is 2. The number of carbonyl (C=O) groups excluding carboxylic acids is 1. The van der Waals surface area contributed by atoms with Gasteiger partial charge in [0.2, 0.25) is 0 Å². The van der Waals surface area contributed by atoms with Gasteiger partial charge in [0.05, 0.1) is 6.54 Å². The minimum atomic E-state index is -0.328. The highest BCUT2D eigenvalue weighted by molar-refractivity contribution is 5.80. The maximum absolute atomic E-state index is 12.7. The summed E-state index contributed by atoms with van der Waals surface area (Å²) < 4.78 is 14.1. The number of hydrogen-bond donors (Lipinski definition) is 0. The molecule has 0 bridgehead atoms. The number of carbonyl (C=O) groups is 1. The maximum Gasteiger partial charge on any atom is 0.251 e. The molecule has 1 aromatic heterocycles. The van der Waals surface area contributed by atoms with Crippen molar-refractivity contribution in [3.05, 3.63) is 69.9 Å². The van der Waals surface area contributed by atoms with Crippen molar-refractivity contribution >= 4 is 5.78 Å². The Morgan fingerprint density at radius 2 is 1.89 bits per heavy atom. The minimum Gasteiger partial charge on any atom is -0.308 e. The first-order chi connectivity index (χ1) is 9.04. The summed E-state index contributed by atoms with van der Waals surface area (Å²) in [6.45, 7) is 1.86. The van der Waals surface area contributed by atoms with E-state index in [0.717, 1.165) is 11.1 Å². The predicted molar refractivity (Wildman–Crippen MR) is 70.6 cm³/mol. The Bertz CT molecular complexity index is 644.